The number of anilines is 1. The molecule has 1 heterocycles. The molecule has 1 aromatic heterocycles. The summed E-state index contributed by atoms with van der Waals surface area (Å²) in [5.74, 6) is 0.848. The number of ether oxygens (including phenoxy) is 2. The molecule has 0 aliphatic carbocycles. The molecule has 0 saturated carbocycles. The summed E-state index contributed by atoms with van der Waals surface area (Å²) in [6.07, 6.45) is -2.78. The standard InChI is InChI=1S/C24H23F3N2O3/c1-31-20-10-9-19(15-21(20)32-2)29(23(30)14-17-6-4-3-5-7-17)13-12-18-8-11-22(28-16-18)24(25,26)27/h3-11,15-16H,12-14H2,1-2H3. The zero-order valence-electron chi connectivity index (χ0n) is 17.7. The molecular formula is C24H23F3N2O3. The zero-order valence-corrected chi connectivity index (χ0v) is 17.7. The molecule has 0 N–H and O–H groups in total. The van der Waals surface area contributed by atoms with E-state index in [0.717, 1.165) is 11.6 Å². The van der Waals surface area contributed by atoms with E-state index in [4.69, 9.17) is 9.47 Å². The number of carbonyl (C=O) groups excluding carboxylic acids is 1. The van der Waals surface area contributed by atoms with Gasteiger partial charge < -0.3 is 14.4 Å². The van der Waals surface area contributed by atoms with E-state index in [1.54, 1.807) is 23.1 Å². The summed E-state index contributed by atoms with van der Waals surface area (Å²) in [5.41, 5.74) is 1.11. The summed E-state index contributed by atoms with van der Waals surface area (Å²) < 4.78 is 48.9. The summed E-state index contributed by atoms with van der Waals surface area (Å²) in [5, 5.41) is 0. The molecule has 0 fully saturated rings. The molecule has 3 aromatic rings. The van der Waals surface area contributed by atoms with E-state index in [0.29, 0.717) is 29.2 Å². The van der Waals surface area contributed by atoms with Crippen molar-refractivity contribution < 1.29 is 27.4 Å². The van der Waals surface area contributed by atoms with Gasteiger partial charge in [-0.25, -0.2) is 0 Å². The molecule has 168 valence electrons. The van der Waals surface area contributed by atoms with E-state index < -0.39 is 11.9 Å². The number of aromatic nitrogens is 1. The highest BCUT2D eigenvalue weighted by molar-refractivity contribution is 5.95. The van der Waals surface area contributed by atoms with E-state index in [-0.39, 0.29) is 18.9 Å². The van der Waals surface area contributed by atoms with Gasteiger partial charge in [-0.1, -0.05) is 36.4 Å². The number of carbonyl (C=O) groups is 1. The molecule has 0 saturated heterocycles. The lowest BCUT2D eigenvalue weighted by Gasteiger charge is -2.24. The van der Waals surface area contributed by atoms with E-state index in [9.17, 15) is 18.0 Å². The lowest BCUT2D eigenvalue weighted by molar-refractivity contribution is -0.141. The van der Waals surface area contributed by atoms with Gasteiger partial charge in [0.2, 0.25) is 5.91 Å². The highest BCUT2D eigenvalue weighted by atomic mass is 19.4. The molecule has 0 atom stereocenters. The van der Waals surface area contributed by atoms with Crippen LogP contribution in [-0.4, -0.2) is 31.7 Å². The second-order valence-electron chi connectivity index (χ2n) is 7.05. The Balaban J connectivity index is 1.84. The van der Waals surface area contributed by atoms with E-state index in [1.807, 2.05) is 30.3 Å². The maximum atomic E-state index is 13.2. The van der Waals surface area contributed by atoms with E-state index >= 15 is 0 Å². The van der Waals surface area contributed by atoms with Crippen LogP contribution in [-0.2, 0) is 23.8 Å². The van der Waals surface area contributed by atoms with Crippen molar-refractivity contribution in [3.8, 4) is 11.5 Å². The van der Waals surface area contributed by atoms with Gasteiger partial charge in [-0.3, -0.25) is 9.78 Å². The van der Waals surface area contributed by atoms with Crippen LogP contribution in [0.1, 0.15) is 16.8 Å². The summed E-state index contributed by atoms with van der Waals surface area (Å²) in [4.78, 5) is 18.3. The number of benzene rings is 2. The predicted octanol–water partition coefficient (Wildman–Crippen LogP) is 4.94. The smallest absolute Gasteiger partial charge is 0.433 e. The first-order chi connectivity index (χ1) is 15.3. The fraction of sp³-hybridized carbons (Fsp3) is 0.250. The fourth-order valence-electron chi connectivity index (χ4n) is 3.24. The van der Waals surface area contributed by atoms with Gasteiger partial charge in [-0.2, -0.15) is 13.2 Å². The second-order valence-corrected chi connectivity index (χ2v) is 7.05. The predicted molar refractivity (Wildman–Crippen MR) is 115 cm³/mol. The summed E-state index contributed by atoms with van der Waals surface area (Å²) in [6.45, 7) is 0.258. The van der Waals surface area contributed by atoms with Crippen LogP contribution in [0.15, 0.2) is 66.9 Å². The molecule has 1 amide bonds. The van der Waals surface area contributed by atoms with Gasteiger partial charge in [-0.05, 0) is 35.7 Å². The maximum Gasteiger partial charge on any atom is 0.433 e. The molecule has 0 bridgehead atoms. The van der Waals surface area contributed by atoms with Crippen molar-refractivity contribution in [3.63, 3.8) is 0 Å². The first-order valence-corrected chi connectivity index (χ1v) is 9.90. The first-order valence-electron chi connectivity index (χ1n) is 9.90. The topological polar surface area (TPSA) is 51.7 Å². The van der Waals surface area contributed by atoms with Crippen molar-refractivity contribution in [3.05, 3.63) is 83.7 Å². The lowest BCUT2D eigenvalue weighted by atomic mass is 10.1. The Bertz CT molecular complexity index is 1040. The Hall–Kier alpha value is -3.55. The monoisotopic (exact) mass is 444 g/mol. The summed E-state index contributed by atoms with van der Waals surface area (Å²) >= 11 is 0. The van der Waals surface area contributed by atoms with Crippen molar-refractivity contribution >= 4 is 11.6 Å². The minimum absolute atomic E-state index is 0.150. The molecule has 5 nitrogen and oxygen atoms in total. The van der Waals surface area contributed by atoms with E-state index in [1.165, 1.54) is 26.5 Å². The largest absolute Gasteiger partial charge is 0.493 e. The number of amides is 1. The highest BCUT2D eigenvalue weighted by Crippen LogP contribution is 2.32. The average molecular weight is 444 g/mol. The van der Waals surface area contributed by atoms with Crippen LogP contribution in [0.5, 0.6) is 11.5 Å². The molecule has 0 spiro atoms. The number of alkyl halides is 3. The number of pyridine rings is 1. The molecule has 0 radical (unpaired) electrons. The molecule has 0 unspecified atom stereocenters. The number of hydrogen-bond acceptors (Lipinski definition) is 4. The molecule has 32 heavy (non-hydrogen) atoms. The van der Waals surface area contributed by atoms with Gasteiger partial charge in [-0.15, -0.1) is 0 Å². The third-order valence-corrected chi connectivity index (χ3v) is 4.92. The van der Waals surface area contributed by atoms with Crippen molar-refractivity contribution in [2.24, 2.45) is 0 Å². The van der Waals surface area contributed by atoms with Gasteiger partial charge in [0, 0.05) is 24.5 Å². The van der Waals surface area contributed by atoms with Crippen LogP contribution >= 0.6 is 0 Å². The quantitative estimate of drug-likeness (QED) is 0.494. The van der Waals surface area contributed by atoms with Crippen LogP contribution < -0.4 is 14.4 Å². The zero-order chi connectivity index (χ0) is 23.1. The SMILES string of the molecule is COc1ccc(N(CCc2ccc(C(F)(F)F)nc2)C(=O)Cc2ccccc2)cc1OC. The maximum absolute atomic E-state index is 13.2. The third-order valence-electron chi connectivity index (χ3n) is 4.92. The minimum atomic E-state index is -4.49. The van der Waals surface area contributed by atoms with Crippen molar-refractivity contribution in [2.75, 3.05) is 25.7 Å². The van der Waals surface area contributed by atoms with Crippen molar-refractivity contribution in [2.45, 2.75) is 19.0 Å². The lowest BCUT2D eigenvalue weighted by Crippen LogP contribution is -2.34. The Kier molecular flexibility index (Phi) is 7.35. The van der Waals surface area contributed by atoms with Crippen LogP contribution in [0.2, 0.25) is 0 Å². The summed E-state index contributed by atoms with van der Waals surface area (Å²) in [6, 6.07) is 16.8. The normalized spacial score (nSPS) is 11.2. The van der Waals surface area contributed by atoms with Gasteiger partial charge in [0.25, 0.3) is 0 Å². The fourth-order valence-corrected chi connectivity index (χ4v) is 3.24. The third kappa shape index (κ3) is 5.78. The highest BCUT2D eigenvalue weighted by Gasteiger charge is 2.32. The number of rotatable bonds is 8. The van der Waals surface area contributed by atoms with Gasteiger partial charge in [0.05, 0.1) is 20.6 Å². The molecule has 0 aliphatic heterocycles. The molecule has 0 aliphatic rings. The van der Waals surface area contributed by atoms with Crippen LogP contribution in [0.4, 0.5) is 18.9 Å². The van der Waals surface area contributed by atoms with Crippen LogP contribution in [0.3, 0.4) is 0 Å². The number of halogens is 3. The Morgan fingerprint density at radius 3 is 2.25 bits per heavy atom. The summed E-state index contributed by atoms with van der Waals surface area (Å²) in [7, 11) is 3.03. The Morgan fingerprint density at radius 1 is 0.938 bits per heavy atom. The van der Waals surface area contributed by atoms with Gasteiger partial charge in [0.1, 0.15) is 5.69 Å². The number of methoxy groups -OCH3 is 2. The van der Waals surface area contributed by atoms with Gasteiger partial charge in [0.15, 0.2) is 11.5 Å². The van der Waals surface area contributed by atoms with Crippen LogP contribution in [0.25, 0.3) is 0 Å². The van der Waals surface area contributed by atoms with Crippen molar-refractivity contribution in [1.82, 2.24) is 4.98 Å². The van der Waals surface area contributed by atoms with Crippen LogP contribution in [0, 0.1) is 0 Å². The Morgan fingerprint density at radius 2 is 1.66 bits per heavy atom. The molecular weight excluding hydrogens is 421 g/mol. The first kappa shape index (κ1) is 23.1. The number of nitrogens with zero attached hydrogens (tertiary/aromatic N) is 2. The van der Waals surface area contributed by atoms with Crippen molar-refractivity contribution in [1.29, 1.82) is 0 Å². The average Bonchev–Trinajstić information content (AvgIpc) is 2.79. The molecule has 3 rings (SSSR count). The van der Waals surface area contributed by atoms with Gasteiger partial charge >= 0.3 is 6.18 Å². The minimum Gasteiger partial charge on any atom is -0.493 e. The molecule has 8 heteroatoms. The number of hydrogen-bond donors (Lipinski definition) is 0. The van der Waals surface area contributed by atoms with E-state index in [2.05, 4.69) is 4.98 Å². The Labute approximate surface area is 184 Å². The molecule has 2 aromatic carbocycles. The second kappa shape index (κ2) is 10.2.